The van der Waals surface area contributed by atoms with Crippen LogP contribution in [0.15, 0.2) is 30.8 Å². The highest BCUT2D eigenvalue weighted by atomic mass is 16.5. The Balaban J connectivity index is 2.68. The van der Waals surface area contributed by atoms with Gasteiger partial charge >= 0.3 is 6.09 Å². The predicted octanol–water partition coefficient (Wildman–Crippen LogP) is 2.82. The summed E-state index contributed by atoms with van der Waals surface area (Å²) in [5.41, 5.74) is 7.95. The summed E-state index contributed by atoms with van der Waals surface area (Å²) in [5.74, 6) is 0. The molecular weight excluding hydrogens is 228 g/mol. The maximum atomic E-state index is 10.9. The lowest BCUT2D eigenvalue weighted by Gasteiger charge is -2.19. The van der Waals surface area contributed by atoms with Crippen molar-refractivity contribution >= 4 is 11.8 Å². The van der Waals surface area contributed by atoms with E-state index in [0.717, 1.165) is 5.56 Å². The van der Waals surface area contributed by atoms with Crippen LogP contribution in [-0.2, 0) is 10.2 Å². The monoisotopic (exact) mass is 248 g/mol. The molecule has 4 nitrogen and oxygen atoms in total. The number of carbonyl (C=O) groups is 1. The fraction of sp³-hybridized carbons (Fsp3) is 0.357. The number of rotatable bonds is 3. The Morgan fingerprint density at radius 3 is 2.17 bits per heavy atom. The molecule has 0 fully saturated rings. The van der Waals surface area contributed by atoms with Crippen molar-refractivity contribution < 1.29 is 9.53 Å². The minimum absolute atomic E-state index is 0.123. The van der Waals surface area contributed by atoms with Gasteiger partial charge in [-0.3, -0.25) is 5.43 Å². The SMILES string of the molecule is C=C(NNC(=O)OC)c1ccc(C(C)(C)C)cc1. The van der Waals surface area contributed by atoms with Crippen molar-refractivity contribution in [1.82, 2.24) is 10.9 Å². The molecule has 0 saturated carbocycles. The van der Waals surface area contributed by atoms with E-state index in [0.29, 0.717) is 5.70 Å². The molecule has 0 aliphatic rings. The Labute approximate surface area is 108 Å². The van der Waals surface area contributed by atoms with E-state index >= 15 is 0 Å². The molecule has 0 aromatic heterocycles. The smallest absolute Gasteiger partial charge is 0.425 e. The van der Waals surface area contributed by atoms with E-state index < -0.39 is 6.09 Å². The molecule has 0 unspecified atom stereocenters. The zero-order chi connectivity index (χ0) is 13.8. The van der Waals surface area contributed by atoms with Gasteiger partial charge in [0.2, 0.25) is 0 Å². The second-order valence-electron chi connectivity index (χ2n) is 5.05. The van der Waals surface area contributed by atoms with Gasteiger partial charge in [-0.15, -0.1) is 0 Å². The number of methoxy groups -OCH3 is 1. The number of hydrogen-bond donors (Lipinski definition) is 2. The molecule has 1 amide bonds. The molecule has 18 heavy (non-hydrogen) atoms. The van der Waals surface area contributed by atoms with Gasteiger partial charge in [0, 0.05) is 0 Å². The molecule has 4 heteroatoms. The molecule has 1 rings (SSSR count). The summed E-state index contributed by atoms with van der Waals surface area (Å²) in [7, 11) is 1.30. The molecule has 0 radical (unpaired) electrons. The van der Waals surface area contributed by atoms with Gasteiger partial charge < -0.3 is 4.74 Å². The first-order valence-corrected chi connectivity index (χ1v) is 5.74. The van der Waals surface area contributed by atoms with Gasteiger partial charge in [-0.1, -0.05) is 51.6 Å². The van der Waals surface area contributed by atoms with E-state index in [1.807, 2.05) is 12.1 Å². The molecule has 0 aliphatic heterocycles. The summed E-state index contributed by atoms with van der Waals surface area (Å²) in [6.07, 6.45) is -0.553. The van der Waals surface area contributed by atoms with Crippen molar-refractivity contribution in [3.8, 4) is 0 Å². The topological polar surface area (TPSA) is 50.4 Å². The number of hydrazine groups is 1. The lowest BCUT2D eigenvalue weighted by Crippen LogP contribution is -2.35. The first-order valence-electron chi connectivity index (χ1n) is 5.74. The Morgan fingerprint density at radius 2 is 1.72 bits per heavy atom. The predicted molar refractivity (Wildman–Crippen MR) is 72.9 cm³/mol. The van der Waals surface area contributed by atoms with Crippen molar-refractivity contribution in [3.05, 3.63) is 42.0 Å². The van der Waals surface area contributed by atoms with Crippen molar-refractivity contribution in [2.75, 3.05) is 7.11 Å². The van der Waals surface area contributed by atoms with E-state index in [2.05, 4.69) is 55.1 Å². The van der Waals surface area contributed by atoms with Gasteiger partial charge in [-0.25, -0.2) is 10.2 Å². The van der Waals surface area contributed by atoms with Gasteiger partial charge in [0.15, 0.2) is 0 Å². The summed E-state index contributed by atoms with van der Waals surface area (Å²) < 4.78 is 4.45. The minimum atomic E-state index is -0.553. The van der Waals surface area contributed by atoms with Crippen LogP contribution in [0.3, 0.4) is 0 Å². The Kier molecular flexibility index (Phi) is 4.37. The van der Waals surface area contributed by atoms with Crippen LogP contribution in [0.2, 0.25) is 0 Å². The second kappa shape index (κ2) is 5.58. The molecule has 0 saturated heterocycles. The lowest BCUT2D eigenvalue weighted by molar-refractivity contribution is 0.168. The van der Waals surface area contributed by atoms with Crippen molar-refractivity contribution in [3.63, 3.8) is 0 Å². The van der Waals surface area contributed by atoms with Crippen LogP contribution in [0.25, 0.3) is 5.70 Å². The van der Waals surface area contributed by atoms with Crippen LogP contribution in [0.1, 0.15) is 31.9 Å². The fourth-order valence-electron chi connectivity index (χ4n) is 1.42. The molecule has 0 aliphatic carbocycles. The van der Waals surface area contributed by atoms with E-state index in [1.54, 1.807) is 0 Å². The molecule has 1 aromatic rings. The van der Waals surface area contributed by atoms with Gasteiger partial charge in [-0.2, -0.15) is 0 Å². The third kappa shape index (κ3) is 3.80. The normalized spacial score (nSPS) is 10.7. The van der Waals surface area contributed by atoms with Crippen LogP contribution >= 0.6 is 0 Å². The number of nitrogens with one attached hydrogen (secondary N) is 2. The van der Waals surface area contributed by atoms with Crippen molar-refractivity contribution in [2.45, 2.75) is 26.2 Å². The largest absolute Gasteiger partial charge is 0.452 e. The molecule has 1 aromatic carbocycles. The lowest BCUT2D eigenvalue weighted by atomic mass is 9.86. The van der Waals surface area contributed by atoms with Crippen LogP contribution in [0, 0.1) is 0 Å². The fourth-order valence-corrected chi connectivity index (χ4v) is 1.42. The standard InChI is InChI=1S/C14H20N2O2/c1-10(15-16-13(17)18-5)11-6-8-12(9-7-11)14(2,3)4/h6-9,15H,1H2,2-5H3,(H,16,17). The highest BCUT2D eigenvalue weighted by molar-refractivity contribution is 5.70. The molecule has 0 atom stereocenters. The summed E-state index contributed by atoms with van der Waals surface area (Å²) in [5, 5.41) is 0. The van der Waals surface area contributed by atoms with Gasteiger partial charge in [0.05, 0.1) is 12.8 Å². The summed E-state index contributed by atoms with van der Waals surface area (Å²) >= 11 is 0. The number of amides is 1. The van der Waals surface area contributed by atoms with Crippen molar-refractivity contribution in [2.24, 2.45) is 0 Å². The van der Waals surface area contributed by atoms with Crippen molar-refractivity contribution in [1.29, 1.82) is 0 Å². The van der Waals surface area contributed by atoms with E-state index in [4.69, 9.17) is 0 Å². The van der Waals surface area contributed by atoms with Gasteiger partial charge in [0.1, 0.15) is 0 Å². The number of benzene rings is 1. The Hall–Kier alpha value is -1.97. The number of ether oxygens (including phenoxy) is 1. The van der Waals surface area contributed by atoms with Crippen LogP contribution in [0.5, 0.6) is 0 Å². The average Bonchev–Trinajstić information content (AvgIpc) is 2.34. The maximum absolute atomic E-state index is 10.9. The zero-order valence-electron chi connectivity index (χ0n) is 11.3. The molecular formula is C14H20N2O2. The van der Waals surface area contributed by atoms with Gasteiger partial charge in [-0.05, 0) is 16.5 Å². The third-order valence-electron chi connectivity index (χ3n) is 2.60. The molecule has 2 N–H and O–H groups in total. The van der Waals surface area contributed by atoms with E-state index in [9.17, 15) is 4.79 Å². The van der Waals surface area contributed by atoms with E-state index in [-0.39, 0.29) is 5.41 Å². The summed E-state index contributed by atoms with van der Waals surface area (Å²) in [6, 6.07) is 8.05. The first kappa shape index (κ1) is 14.1. The molecule has 0 bridgehead atoms. The minimum Gasteiger partial charge on any atom is -0.452 e. The highest BCUT2D eigenvalue weighted by Gasteiger charge is 2.13. The summed E-state index contributed by atoms with van der Waals surface area (Å²) in [6.45, 7) is 10.3. The third-order valence-corrected chi connectivity index (χ3v) is 2.60. The Bertz CT molecular complexity index is 430. The second-order valence-corrected chi connectivity index (χ2v) is 5.05. The molecule has 98 valence electrons. The Morgan fingerprint density at radius 1 is 1.17 bits per heavy atom. The quantitative estimate of drug-likeness (QED) is 0.809. The first-order chi connectivity index (χ1) is 8.34. The van der Waals surface area contributed by atoms with Crippen LogP contribution in [-0.4, -0.2) is 13.2 Å². The van der Waals surface area contributed by atoms with E-state index in [1.165, 1.54) is 12.7 Å². The van der Waals surface area contributed by atoms with Crippen LogP contribution < -0.4 is 10.9 Å². The average molecular weight is 248 g/mol. The number of hydrogen-bond acceptors (Lipinski definition) is 3. The number of carbonyl (C=O) groups excluding carboxylic acids is 1. The maximum Gasteiger partial charge on any atom is 0.425 e. The molecule has 0 heterocycles. The van der Waals surface area contributed by atoms with Gasteiger partial charge in [0.25, 0.3) is 0 Å². The van der Waals surface area contributed by atoms with Crippen LogP contribution in [0.4, 0.5) is 4.79 Å². The summed E-state index contributed by atoms with van der Waals surface area (Å²) in [4.78, 5) is 10.9. The zero-order valence-corrected chi connectivity index (χ0v) is 11.3. The highest BCUT2D eigenvalue weighted by Crippen LogP contribution is 2.23. The molecule has 0 spiro atoms.